The largest absolute Gasteiger partial charge is 0.377 e. The van der Waals surface area contributed by atoms with E-state index in [0.717, 1.165) is 0 Å². The highest BCUT2D eigenvalue weighted by Gasteiger charge is 2.15. The molecule has 1 N–H and O–H groups in total. The average Bonchev–Trinajstić information content (AvgIpc) is 2.15. The molecule has 0 saturated carbocycles. The van der Waals surface area contributed by atoms with E-state index in [1.54, 1.807) is 13.3 Å². The van der Waals surface area contributed by atoms with Gasteiger partial charge in [0.1, 0.15) is 11.0 Å². The van der Waals surface area contributed by atoms with Crippen LogP contribution in [0.3, 0.4) is 0 Å². The highest BCUT2D eigenvalue weighted by atomic mass is 35.5. The van der Waals surface area contributed by atoms with Crippen LogP contribution in [0.15, 0.2) is 12.4 Å². The van der Waals surface area contributed by atoms with E-state index in [1.165, 1.54) is 6.20 Å². The molecule has 14 heavy (non-hydrogen) atoms. The highest BCUT2D eigenvalue weighted by molar-refractivity contribution is 6.29. The van der Waals surface area contributed by atoms with Gasteiger partial charge in [-0.3, -0.25) is 4.98 Å². The van der Waals surface area contributed by atoms with Gasteiger partial charge in [-0.1, -0.05) is 11.6 Å². The van der Waals surface area contributed by atoms with Gasteiger partial charge in [0.2, 0.25) is 0 Å². The molecule has 1 heterocycles. The molecule has 0 unspecified atom stereocenters. The van der Waals surface area contributed by atoms with Crippen molar-refractivity contribution in [2.45, 2.75) is 19.4 Å². The van der Waals surface area contributed by atoms with Crippen molar-refractivity contribution in [1.29, 1.82) is 0 Å². The Morgan fingerprint density at radius 2 is 2.21 bits per heavy atom. The maximum Gasteiger partial charge on any atom is 0.149 e. The van der Waals surface area contributed by atoms with Crippen molar-refractivity contribution in [1.82, 2.24) is 9.97 Å². The topological polar surface area (TPSA) is 47.0 Å². The van der Waals surface area contributed by atoms with E-state index in [1.807, 2.05) is 13.8 Å². The Kier molecular flexibility index (Phi) is 3.66. The summed E-state index contributed by atoms with van der Waals surface area (Å²) >= 11 is 5.68. The summed E-state index contributed by atoms with van der Waals surface area (Å²) in [6.07, 6.45) is 3.12. The molecule has 0 bridgehead atoms. The molecule has 0 atom stereocenters. The number of rotatable bonds is 4. The van der Waals surface area contributed by atoms with E-state index in [4.69, 9.17) is 16.3 Å². The normalized spacial score (nSPS) is 11.4. The Morgan fingerprint density at radius 3 is 2.79 bits per heavy atom. The summed E-state index contributed by atoms with van der Waals surface area (Å²) in [6, 6.07) is 0. The van der Waals surface area contributed by atoms with Gasteiger partial charge < -0.3 is 10.1 Å². The molecule has 1 rings (SSSR count). The second-order valence-corrected chi connectivity index (χ2v) is 3.93. The van der Waals surface area contributed by atoms with Crippen LogP contribution >= 0.6 is 11.6 Å². The van der Waals surface area contributed by atoms with Crippen molar-refractivity contribution >= 4 is 17.4 Å². The molecule has 0 aliphatic carbocycles. The number of aromatic nitrogens is 2. The Balaban J connectivity index is 2.54. The van der Waals surface area contributed by atoms with Gasteiger partial charge in [0.15, 0.2) is 0 Å². The fourth-order valence-electron chi connectivity index (χ4n) is 0.803. The number of nitrogens with one attached hydrogen (secondary N) is 1. The van der Waals surface area contributed by atoms with Crippen molar-refractivity contribution in [2.75, 3.05) is 19.0 Å². The zero-order valence-corrected chi connectivity index (χ0v) is 9.30. The van der Waals surface area contributed by atoms with Crippen LogP contribution in [-0.4, -0.2) is 29.2 Å². The SMILES string of the molecule is COC(C)(C)CNc1cncc(Cl)n1. The van der Waals surface area contributed by atoms with Crippen LogP contribution in [0.4, 0.5) is 5.82 Å². The third-order valence-corrected chi connectivity index (χ3v) is 2.04. The zero-order valence-electron chi connectivity index (χ0n) is 8.54. The molecule has 0 aromatic carbocycles. The lowest BCUT2D eigenvalue weighted by Crippen LogP contribution is -2.32. The average molecular weight is 216 g/mol. The van der Waals surface area contributed by atoms with Crippen LogP contribution in [0.2, 0.25) is 5.15 Å². The minimum Gasteiger partial charge on any atom is -0.377 e. The molecule has 78 valence electrons. The predicted molar refractivity (Wildman–Crippen MR) is 56.6 cm³/mol. The Morgan fingerprint density at radius 1 is 1.50 bits per heavy atom. The third-order valence-electron chi connectivity index (χ3n) is 1.85. The summed E-state index contributed by atoms with van der Waals surface area (Å²) in [7, 11) is 1.67. The summed E-state index contributed by atoms with van der Waals surface area (Å²) in [5.41, 5.74) is -0.232. The lowest BCUT2D eigenvalue weighted by Gasteiger charge is -2.23. The van der Waals surface area contributed by atoms with Gasteiger partial charge in [0.25, 0.3) is 0 Å². The van der Waals surface area contributed by atoms with E-state index < -0.39 is 0 Å². The van der Waals surface area contributed by atoms with E-state index in [-0.39, 0.29) is 5.60 Å². The lowest BCUT2D eigenvalue weighted by molar-refractivity contribution is 0.0343. The Bertz CT molecular complexity index is 304. The lowest BCUT2D eigenvalue weighted by atomic mass is 10.1. The first kappa shape index (κ1) is 11.2. The van der Waals surface area contributed by atoms with Crippen LogP contribution in [-0.2, 0) is 4.74 Å². The second kappa shape index (κ2) is 4.57. The number of ether oxygens (including phenoxy) is 1. The van der Waals surface area contributed by atoms with Gasteiger partial charge in [0.05, 0.1) is 18.0 Å². The maximum atomic E-state index is 5.68. The fourth-order valence-corrected chi connectivity index (χ4v) is 0.950. The standard InChI is InChI=1S/C9H14ClN3O/c1-9(2,14-3)6-12-8-5-11-4-7(10)13-8/h4-5H,6H2,1-3H3,(H,12,13). The van der Waals surface area contributed by atoms with Crippen molar-refractivity contribution in [3.05, 3.63) is 17.5 Å². The minimum atomic E-state index is -0.232. The number of halogens is 1. The molecule has 0 spiro atoms. The molecule has 1 aromatic rings. The van der Waals surface area contributed by atoms with Crippen LogP contribution in [0.5, 0.6) is 0 Å². The second-order valence-electron chi connectivity index (χ2n) is 3.54. The van der Waals surface area contributed by atoms with Crippen molar-refractivity contribution in [3.63, 3.8) is 0 Å². The third kappa shape index (κ3) is 3.47. The summed E-state index contributed by atoms with van der Waals surface area (Å²) in [4.78, 5) is 7.96. The van der Waals surface area contributed by atoms with Crippen molar-refractivity contribution < 1.29 is 4.74 Å². The Hall–Kier alpha value is -0.870. The van der Waals surface area contributed by atoms with Crippen LogP contribution in [0, 0.1) is 0 Å². The molecule has 1 aromatic heterocycles. The molecule has 0 radical (unpaired) electrons. The molecule has 0 saturated heterocycles. The van der Waals surface area contributed by atoms with E-state index in [9.17, 15) is 0 Å². The van der Waals surface area contributed by atoms with Gasteiger partial charge in [-0.2, -0.15) is 0 Å². The maximum absolute atomic E-state index is 5.68. The summed E-state index contributed by atoms with van der Waals surface area (Å²) < 4.78 is 5.25. The molecular formula is C9H14ClN3O. The molecule has 0 fully saturated rings. The number of anilines is 1. The van der Waals surface area contributed by atoms with Crippen molar-refractivity contribution in [3.8, 4) is 0 Å². The number of hydrogen-bond donors (Lipinski definition) is 1. The number of hydrogen-bond acceptors (Lipinski definition) is 4. The van der Waals surface area contributed by atoms with Gasteiger partial charge in [-0.15, -0.1) is 0 Å². The van der Waals surface area contributed by atoms with Crippen molar-refractivity contribution in [2.24, 2.45) is 0 Å². The first-order chi connectivity index (χ1) is 6.53. The van der Waals surface area contributed by atoms with Gasteiger partial charge in [0, 0.05) is 13.7 Å². The van der Waals surface area contributed by atoms with Crippen LogP contribution in [0.1, 0.15) is 13.8 Å². The van der Waals surface area contributed by atoms with Gasteiger partial charge >= 0.3 is 0 Å². The molecule has 0 aliphatic rings. The first-order valence-corrected chi connectivity index (χ1v) is 4.68. The molecule has 4 nitrogen and oxygen atoms in total. The molecule has 5 heteroatoms. The quantitative estimate of drug-likeness (QED) is 0.834. The fraction of sp³-hybridized carbons (Fsp3) is 0.556. The number of methoxy groups -OCH3 is 1. The van der Waals surface area contributed by atoms with E-state index in [0.29, 0.717) is 17.5 Å². The molecule has 0 amide bonds. The first-order valence-electron chi connectivity index (χ1n) is 4.30. The predicted octanol–water partition coefficient (Wildman–Crippen LogP) is 1.97. The minimum absolute atomic E-state index is 0.232. The summed E-state index contributed by atoms with van der Waals surface area (Å²) in [5.74, 6) is 0.655. The molecule has 0 aliphatic heterocycles. The van der Waals surface area contributed by atoms with Gasteiger partial charge in [-0.25, -0.2) is 4.98 Å². The number of nitrogens with zero attached hydrogens (tertiary/aromatic N) is 2. The van der Waals surface area contributed by atoms with E-state index in [2.05, 4.69) is 15.3 Å². The smallest absolute Gasteiger partial charge is 0.149 e. The van der Waals surface area contributed by atoms with Gasteiger partial charge in [-0.05, 0) is 13.8 Å². The van der Waals surface area contributed by atoms with Crippen LogP contribution < -0.4 is 5.32 Å². The summed E-state index contributed by atoms with van der Waals surface area (Å²) in [5, 5.41) is 3.47. The monoisotopic (exact) mass is 215 g/mol. The summed E-state index contributed by atoms with van der Waals surface area (Å²) in [6.45, 7) is 4.62. The van der Waals surface area contributed by atoms with Crippen LogP contribution in [0.25, 0.3) is 0 Å². The van der Waals surface area contributed by atoms with E-state index >= 15 is 0 Å². The molecular weight excluding hydrogens is 202 g/mol. The Labute approximate surface area is 88.7 Å². The highest BCUT2D eigenvalue weighted by Crippen LogP contribution is 2.11. The zero-order chi connectivity index (χ0) is 10.6.